The number of aryl methyl sites for hydroxylation is 1. The molecule has 12 heteroatoms. The number of carbonyl (C=O) groups excluding carboxylic acids is 3. The maximum absolute atomic E-state index is 13.3. The number of unbranched alkanes of at least 4 members (excludes halogenated alkanes) is 6. The van der Waals surface area contributed by atoms with Crippen LogP contribution in [0.4, 0.5) is 5.69 Å². The van der Waals surface area contributed by atoms with Crippen LogP contribution in [0, 0.1) is 24.3 Å². The van der Waals surface area contributed by atoms with Gasteiger partial charge in [0.25, 0.3) is 11.8 Å². The number of amides is 3. The van der Waals surface area contributed by atoms with Gasteiger partial charge in [0.2, 0.25) is 11.6 Å². The van der Waals surface area contributed by atoms with Crippen molar-refractivity contribution < 1.29 is 19.1 Å². The predicted octanol–water partition coefficient (Wildman–Crippen LogP) is 9.60. The average Bonchev–Trinajstić information content (AvgIpc) is 3.63. The third-order valence-electron chi connectivity index (χ3n) is 11.0. The molecular formula is C45H55ClN6O4S. The highest BCUT2D eigenvalue weighted by atomic mass is 35.5. The normalized spacial score (nSPS) is 17.1. The van der Waals surface area contributed by atoms with Crippen LogP contribution < -0.4 is 26.4 Å². The number of nitrogens with zero attached hydrogens (tertiary/aromatic N) is 2. The van der Waals surface area contributed by atoms with Crippen molar-refractivity contribution in [2.45, 2.75) is 104 Å². The number of hydrogen-bond donors (Lipinski definition) is 4. The lowest BCUT2D eigenvalue weighted by molar-refractivity contribution is -0.164. The molecule has 0 saturated heterocycles. The minimum absolute atomic E-state index is 0.0271. The molecule has 3 aromatic carbocycles. The molecule has 302 valence electrons. The number of carbonyl (C=O) groups is 3. The van der Waals surface area contributed by atoms with Gasteiger partial charge in [0, 0.05) is 53.6 Å². The summed E-state index contributed by atoms with van der Waals surface area (Å²) in [7, 11) is 0. The molecule has 0 bridgehead atoms. The van der Waals surface area contributed by atoms with Crippen molar-refractivity contribution in [3.8, 4) is 16.2 Å². The van der Waals surface area contributed by atoms with Crippen LogP contribution in [0.25, 0.3) is 15.3 Å². The number of benzene rings is 3. The fourth-order valence-electron chi connectivity index (χ4n) is 8.09. The molecule has 1 atom stereocenters. The molecule has 0 radical (unpaired) electrons. The molecule has 0 spiro atoms. The summed E-state index contributed by atoms with van der Waals surface area (Å²) in [5, 5.41) is 9.54. The van der Waals surface area contributed by atoms with Gasteiger partial charge in [0.05, 0.1) is 27.7 Å². The van der Waals surface area contributed by atoms with Gasteiger partial charge in [-0.3, -0.25) is 14.4 Å². The maximum Gasteiger partial charge on any atom is 0.251 e. The molecule has 3 amide bonds. The second kappa shape index (κ2) is 19.6. The molecule has 1 fully saturated rings. The van der Waals surface area contributed by atoms with Gasteiger partial charge >= 0.3 is 0 Å². The molecular weight excluding hydrogens is 756 g/mol. The van der Waals surface area contributed by atoms with Crippen LogP contribution in [-0.2, 0) is 4.79 Å². The number of nitrogens with one attached hydrogen (secondary N) is 3. The van der Waals surface area contributed by atoms with Crippen molar-refractivity contribution in [1.29, 1.82) is 0 Å². The van der Waals surface area contributed by atoms with E-state index in [1.807, 2.05) is 36.7 Å². The molecule has 5 rings (SSSR count). The lowest BCUT2D eigenvalue weighted by atomic mass is 9.49. The second-order valence-electron chi connectivity index (χ2n) is 16.1. The quantitative estimate of drug-likeness (QED) is 0.0550. The Bertz CT molecular complexity index is 2020. The molecule has 1 saturated carbocycles. The molecule has 10 nitrogen and oxygen atoms in total. The molecule has 1 heterocycles. The van der Waals surface area contributed by atoms with Gasteiger partial charge in [-0.1, -0.05) is 102 Å². The molecule has 5 N–H and O–H groups in total. The first-order chi connectivity index (χ1) is 27.2. The highest BCUT2D eigenvalue weighted by Gasteiger charge is 2.64. The Labute approximate surface area is 346 Å². The van der Waals surface area contributed by atoms with E-state index in [1.54, 1.807) is 53.8 Å². The van der Waals surface area contributed by atoms with Gasteiger partial charge in [-0.05, 0) is 67.3 Å². The van der Waals surface area contributed by atoms with E-state index in [0.717, 1.165) is 66.6 Å². The van der Waals surface area contributed by atoms with E-state index >= 15 is 0 Å². The number of aromatic nitrogens is 1. The summed E-state index contributed by atoms with van der Waals surface area (Å²) in [6, 6.07) is 19.3. The van der Waals surface area contributed by atoms with Gasteiger partial charge in [-0.2, -0.15) is 0 Å². The Balaban J connectivity index is 0.909. The van der Waals surface area contributed by atoms with Gasteiger partial charge < -0.3 is 26.4 Å². The first-order valence-corrected chi connectivity index (χ1v) is 21.0. The summed E-state index contributed by atoms with van der Waals surface area (Å²) < 4.78 is 6.34. The SMILES string of the molecule is [C-]#[N+]c1ccc(OC2C(C)(C)C(NC(=O)c3ccc(C(=O)NCCCCCCCCCNC(=O)C[C@H](N)c4ccc(-c5scnc5C)cc4)cc3)C2(C)C)cc1Cl. The van der Waals surface area contributed by atoms with Gasteiger partial charge in [0.1, 0.15) is 11.9 Å². The van der Waals surface area contributed by atoms with E-state index in [1.165, 1.54) is 0 Å². The zero-order valence-corrected chi connectivity index (χ0v) is 35.2. The van der Waals surface area contributed by atoms with E-state index in [4.69, 9.17) is 28.6 Å². The van der Waals surface area contributed by atoms with E-state index < -0.39 is 0 Å². The third kappa shape index (κ3) is 11.0. The summed E-state index contributed by atoms with van der Waals surface area (Å²) in [5.74, 6) is 0.195. The second-order valence-corrected chi connectivity index (χ2v) is 17.4. The summed E-state index contributed by atoms with van der Waals surface area (Å²) in [6.07, 6.45) is 7.28. The van der Waals surface area contributed by atoms with E-state index in [0.29, 0.717) is 40.7 Å². The van der Waals surface area contributed by atoms with Crippen molar-refractivity contribution in [2.75, 3.05) is 13.1 Å². The number of rotatable bonds is 19. The largest absolute Gasteiger partial charge is 0.489 e. The first-order valence-electron chi connectivity index (χ1n) is 19.8. The van der Waals surface area contributed by atoms with Gasteiger partial charge in [-0.15, -0.1) is 11.3 Å². The van der Waals surface area contributed by atoms with Crippen LogP contribution in [0.1, 0.15) is 117 Å². The summed E-state index contributed by atoms with van der Waals surface area (Å²) in [6.45, 7) is 18.7. The fraction of sp³-hybridized carbons (Fsp3) is 0.444. The van der Waals surface area contributed by atoms with E-state index in [2.05, 4.69) is 53.5 Å². The Morgan fingerprint density at radius 1 is 0.860 bits per heavy atom. The number of nitrogens with two attached hydrogens (primary N) is 1. The molecule has 1 aliphatic carbocycles. The van der Waals surface area contributed by atoms with Crippen LogP contribution in [-0.4, -0.2) is 47.9 Å². The lowest BCUT2D eigenvalue weighted by Crippen LogP contribution is -2.74. The van der Waals surface area contributed by atoms with Gasteiger partial charge in [-0.25, -0.2) is 9.83 Å². The standard InChI is InChI=1S/C45H55ClN6O4S/c1-29-39(57-28-51-29)31-16-14-30(15-17-31)36(47)27-38(53)49-24-12-10-8-7-9-11-13-25-50-40(54)32-18-20-33(21-19-32)41(55)52-42-44(2,3)43(45(42,4)5)56-34-22-23-37(48-6)35(46)26-34/h14-23,26,28,36,42-43H,7-13,24-25,27,47H2,1-5H3,(H,49,53)(H,50,54)(H,52,55)/t36-,42?,43?/m0/s1. The third-order valence-corrected chi connectivity index (χ3v) is 12.3. The van der Waals surface area contributed by atoms with Crippen LogP contribution in [0.2, 0.25) is 5.02 Å². The van der Waals surface area contributed by atoms with Crippen molar-refractivity contribution in [1.82, 2.24) is 20.9 Å². The van der Waals surface area contributed by atoms with Crippen molar-refractivity contribution in [2.24, 2.45) is 16.6 Å². The topological polar surface area (TPSA) is 140 Å². The van der Waals surface area contributed by atoms with Crippen LogP contribution in [0.3, 0.4) is 0 Å². The Morgan fingerprint density at radius 3 is 2.00 bits per heavy atom. The number of thiazole rings is 1. The van der Waals surface area contributed by atoms with Crippen molar-refractivity contribution in [3.05, 3.63) is 111 Å². The summed E-state index contributed by atoms with van der Waals surface area (Å²) >= 11 is 7.84. The smallest absolute Gasteiger partial charge is 0.251 e. The number of halogens is 1. The summed E-state index contributed by atoms with van der Waals surface area (Å²) in [5.41, 5.74) is 11.8. The molecule has 1 aliphatic rings. The Kier molecular flexibility index (Phi) is 14.9. The molecule has 0 aliphatic heterocycles. The minimum atomic E-state index is -0.379. The minimum Gasteiger partial charge on any atom is -0.489 e. The molecule has 4 aromatic rings. The fourth-order valence-corrected chi connectivity index (χ4v) is 9.12. The maximum atomic E-state index is 13.3. The zero-order valence-electron chi connectivity index (χ0n) is 33.6. The van der Waals surface area contributed by atoms with E-state index in [9.17, 15) is 14.4 Å². The van der Waals surface area contributed by atoms with Crippen molar-refractivity contribution >= 4 is 46.3 Å². The highest BCUT2D eigenvalue weighted by molar-refractivity contribution is 7.13. The van der Waals surface area contributed by atoms with Crippen LogP contribution in [0.15, 0.2) is 72.2 Å². The number of ether oxygens (including phenoxy) is 1. The predicted molar refractivity (Wildman–Crippen MR) is 229 cm³/mol. The molecule has 1 aromatic heterocycles. The molecule has 57 heavy (non-hydrogen) atoms. The Hall–Kier alpha value is -4.76. The van der Waals surface area contributed by atoms with Gasteiger partial charge in [0.15, 0.2) is 0 Å². The average molecular weight is 811 g/mol. The highest BCUT2D eigenvalue weighted by Crippen LogP contribution is 2.55. The zero-order chi connectivity index (χ0) is 41.2. The Morgan fingerprint density at radius 2 is 1.44 bits per heavy atom. The first kappa shape index (κ1) is 43.4. The summed E-state index contributed by atoms with van der Waals surface area (Å²) in [4.78, 5) is 47.4. The lowest BCUT2D eigenvalue weighted by Gasteiger charge is -2.63. The monoisotopic (exact) mass is 810 g/mol. The van der Waals surface area contributed by atoms with Crippen LogP contribution >= 0.6 is 22.9 Å². The van der Waals surface area contributed by atoms with Crippen LogP contribution in [0.5, 0.6) is 5.75 Å². The number of hydrogen-bond acceptors (Lipinski definition) is 7. The molecule has 0 unspecified atom stereocenters. The van der Waals surface area contributed by atoms with E-state index in [-0.39, 0.29) is 53.2 Å². The van der Waals surface area contributed by atoms with Crippen molar-refractivity contribution in [3.63, 3.8) is 0 Å².